The molecule has 1 aliphatic carbocycles. The van der Waals surface area contributed by atoms with Gasteiger partial charge in [-0.25, -0.2) is 0 Å². The van der Waals surface area contributed by atoms with Crippen molar-refractivity contribution < 1.29 is 9.66 Å². The maximum absolute atomic E-state index is 10.6. The molecule has 4 nitrogen and oxygen atoms in total. The lowest BCUT2D eigenvalue weighted by molar-refractivity contribution is -0.558. The van der Waals surface area contributed by atoms with E-state index < -0.39 is 5.72 Å². The van der Waals surface area contributed by atoms with Crippen molar-refractivity contribution >= 4 is 0 Å². The fourth-order valence-corrected chi connectivity index (χ4v) is 2.34. The molecule has 74 valence electrons. The lowest BCUT2D eigenvalue weighted by Crippen LogP contribution is -2.27. The van der Waals surface area contributed by atoms with Crippen LogP contribution in [-0.2, 0) is 4.74 Å². The van der Waals surface area contributed by atoms with E-state index >= 15 is 0 Å². The van der Waals surface area contributed by atoms with Crippen molar-refractivity contribution in [1.29, 1.82) is 0 Å². The molecule has 1 saturated carbocycles. The number of ether oxygens (including phenoxy) is 1. The second-order valence-electron chi connectivity index (χ2n) is 4.25. The van der Waals surface area contributed by atoms with E-state index in [1.807, 2.05) is 0 Å². The zero-order valence-electron chi connectivity index (χ0n) is 7.86. The molecule has 0 bridgehead atoms. The fraction of sp³-hybridized carbons (Fsp3) is 1.00. The molecule has 0 aromatic rings. The third kappa shape index (κ3) is 1.43. The first kappa shape index (κ1) is 8.94. The molecule has 1 saturated heterocycles. The number of nitro groups is 1. The molecule has 2 fully saturated rings. The minimum Gasteiger partial charge on any atom is -0.299 e. The molecule has 0 unspecified atom stereocenters. The quantitative estimate of drug-likeness (QED) is 0.375. The molecule has 0 aromatic heterocycles. The first-order chi connectivity index (χ1) is 6.14. The van der Waals surface area contributed by atoms with Crippen LogP contribution in [0.4, 0.5) is 0 Å². The van der Waals surface area contributed by atoms with Crippen LogP contribution in [-0.4, -0.2) is 16.8 Å². The summed E-state index contributed by atoms with van der Waals surface area (Å²) in [6, 6.07) is 0. The molecule has 1 heterocycles. The van der Waals surface area contributed by atoms with Crippen LogP contribution in [0.3, 0.4) is 0 Å². The van der Waals surface area contributed by atoms with Crippen molar-refractivity contribution in [1.82, 2.24) is 0 Å². The van der Waals surface area contributed by atoms with Crippen molar-refractivity contribution in [3.05, 3.63) is 10.1 Å². The van der Waals surface area contributed by atoms with Gasteiger partial charge >= 0.3 is 5.72 Å². The molecule has 0 spiro atoms. The molecule has 1 aliphatic heterocycles. The Morgan fingerprint density at radius 2 is 2.00 bits per heavy atom. The van der Waals surface area contributed by atoms with Crippen LogP contribution >= 0.6 is 0 Å². The number of rotatable bonds is 2. The molecule has 2 rings (SSSR count). The summed E-state index contributed by atoms with van der Waals surface area (Å²) in [5.41, 5.74) is -1.05. The van der Waals surface area contributed by atoms with Crippen molar-refractivity contribution in [2.45, 2.75) is 50.9 Å². The van der Waals surface area contributed by atoms with Gasteiger partial charge in [0.15, 0.2) is 6.10 Å². The van der Waals surface area contributed by atoms with E-state index in [0.29, 0.717) is 5.92 Å². The van der Waals surface area contributed by atoms with Gasteiger partial charge in [-0.2, -0.15) is 0 Å². The second kappa shape index (κ2) is 2.94. The molecule has 0 amide bonds. The molecule has 2 aliphatic rings. The Morgan fingerprint density at radius 1 is 1.38 bits per heavy atom. The van der Waals surface area contributed by atoms with Gasteiger partial charge in [-0.1, -0.05) is 19.3 Å². The Morgan fingerprint density at radius 3 is 2.46 bits per heavy atom. The summed E-state index contributed by atoms with van der Waals surface area (Å²) in [5, 5.41) is 10.6. The van der Waals surface area contributed by atoms with Crippen LogP contribution in [0.1, 0.15) is 39.0 Å². The van der Waals surface area contributed by atoms with E-state index in [4.69, 9.17) is 4.74 Å². The zero-order chi connectivity index (χ0) is 9.47. The normalized spacial score (nSPS) is 40.2. The Kier molecular flexibility index (Phi) is 2.02. The molecular formula is C9H15NO3. The smallest absolute Gasteiger partial charge is 0.299 e. The van der Waals surface area contributed by atoms with Gasteiger partial charge in [0.25, 0.3) is 0 Å². The van der Waals surface area contributed by atoms with Crippen LogP contribution in [0, 0.1) is 16.0 Å². The summed E-state index contributed by atoms with van der Waals surface area (Å²) in [6.07, 6.45) is 5.79. The number of epoxide rings is 1. The third-order valence-electron chi connectivity index (χ3n) is 3.28. The SMILES string of the molecule is C[C@@]1([N+](=O)[O-])O[C@H]1C1CCCCC1. The van der Waals surface area contributed by atoms with Gasteiger partial charge in [0.1, 0.15) is 0 Å². The highest BCUT2D eigenvalue weighted by Crippen LogP contribution is 2.46. The van der Waals surface area contributed by atoms with Crippen molar-refractivity contribution in [2.24, 2.45) is 5.92 Å². The molecule has 13 heavy (non-hydrogen) atoms. The van der Waals surface area contributed by atoms with Gasteiger partial charge in [0.05, 0.1) is 4.92 Å². The number of hydrogen-bond donors (Lipinski definition) is 0. The van der Waals surface area contributed by atoms with Gasteiger partial charge in [-0.05, 0) is 18.8 Å². The van der Waals surface area contributed by atoms with Gasteiger partial charge in [-0.3, -0.25) is 14.9 Å². The summed E-state index contributed by atoms with van der Waals surface area (Å²) in [7, 11) is 0. The number of hydrogen-bond acceptors (Lipinski definition) is 3. The summed E-state index contributed by atoms with van der Waals surface area (Å²) < 4.78 is 5.21. The Balaban J connectivity index is 1.94. The van der Waals surface area contributed by atoms with Gasteiger partial charge in [0, 0.05) is 6.92 Å². The molecule has 0 radical (unpaired) electrons. The van der Waals surface area contributed by atoms with Gasteiger partial charge < -0.3 is 0 Å². The van der Waals surface area contributed by atoms with Crippen molar-refractivity contribution in [3.8, 4) is 0 Å². The average Bonchev–Trinajstić information content (AvgIpc) is 2.81. The largest absolute Gasteiger partial charge is 0.349 e. The van der Waals surface area contributed by atoms with E-state index in [0.717, 1.165) is 12.8 Å². The number of nitrogens with zero attached hydrogens (tertiary/aromatic N) is 1. The lowest BCUT2D eigenvalue weighted by atomic mass is 9.85. The van der Waals surface area contributed by atoms with E-state index in [1.54, 1.807) is 6.92 Å². The van der Waals surface area contributed by atoms with Gasteiger partial charge in [0.2, 0.25) is 0 Å². The molecule has 2 atom stereocenters. The third-order valence-corrected chi connectivity index (χ3v) is 3.28. The van der Waals surface area contributed by atoms with Crippen LogP contribution in [0.2, 0.25) is 0 Å². The summed E-state index contributed by atoms with van der Waals surface area (Å²) >= 11 is 0. The highest BCUT2D eigenvalue weighted by Gasteiger charge is 2.67. The highest BCUT2D eigenvalue weighted by atomic mass is 16.7. The Hall–Kier alpha value is -0.640. The topological polar surface area (TPSA) is 55.7 Å². The Bertz CT molecular complexity index is 225. The fourth-order valence-electron chi connectivity index (χ4n) is 2.34. The molecular weight excluding hydrogens is 170 g/mol. The van der Waals surface area contributed by atoms with Crippen molar-refractivity contribution in [2.75, 3.05) is 0 Å². The van der Waals surface area contributed by atoms with Crippen LogP contribution < -0.4 is 0 Å². The molecule has 4 heteroatoms. The zero-order valence-corrected chi connectivity index (χ0v) is 7.86. The van der Waals surface area contributed by atoms with Crippen LogP contribution in [0.15, 0.2) is 0 Å². The minimum atomic E-state index is -1.05. The predicted octanol–water partition coefficient (Wildman–Crippen LogP) is 1.96. The molecule has 0 N–H and O–H groups in total. The first-order valence-corrected chi connectivity index (χ1v) is 4.97. The van der Waals surface area contributed by atoms with Crippen molar-refractivity contribution in [3.63, 3.8) is 0 Å². The van der Waals surface area contributed by atoms with E-state index in [9.17, 15) is 10.1 Å². The second-order valence-corrected chi connectivity index (χ2v) is 4.25. The lowest BCUT2D eigenvalue weighted by Gasteiger charge is -2.18. The van der Waals surface area contributed by atoms with E-state index in [1.165, 1.54) is 19.3 Å². The standard InChI is InChI=1S/C9H15NO3/c1-9(10(11)12)8(13-9)7-5-3-2-4-6-7/h7-8H,2-6H2,1H3/t8-,9+/m0/s1. The maximum atomic E-state index is 10.6. The van der Waals surface area contributed by atoms with E-state index in [2.05, 4.69) is 0 Å². The summed E-state index contributed by atoms with van der Waals surface area (Å²) in [6.45, 7) is 1.59. The summed E-state index contributed by atoms with van der Waals surface area (Å²) in [4.78, 5) is 10.3. The van der Waals surface area contributed by atoms with Gasteiger partial charge in [-0.15, -0.1) is 0 Å². The highest BCUT2D eigenvalue weighted by molar-refractivity contribution is 4.95. The first-order valence-electron chi connectivity index (χ1n) is 4.97. The Labute approximate surface area is 77.4 Å². The maximum Gasteiger partial charge on any atom is 0.349 e. The van der Waals surface area contributed by atoms with Crippen LogP contribution in [0.5, 0.6) is 0 Å². The monoisotopic (exact) mass is 185 g/mol. The minimum absolute atomic E-state index is 0.109. The predicted molar refractivity (Wildman–Crippen MR) is 46.8 cm³/mol. The molecule has 0 aromatic carbocycles. The average molecular weight is 185 g/mol. The van der Waals surface area contributed by atoms with E-state index in [-0.39, 0.29) is 11.0 Å². The summed E-state index contributed by atoms with van der Waals surface area (Å²) in [5.74, 6) is 0.434. The van der Waals surface area contributed by atoms with Crippen LogP contribution in [0.25, 0.3) is 0 Å².